The molecule has 2 unspecified atom stereocenters. The van der Waals surface area contributed by atoms with Gasteiger partial charge in [0.25, 0.3) is 5.56 Å². The SMILES string of the molecule is Nc1nc2sc(CNC3[C@H]4CN(CC(O)(Cn5cncn5)c5ccc(F)cc5F)C[C@@H]34)cc2n(-c2ccc3c(c2)N(c2ccccc2)CCO3)c1=O. The minimum Gasteiger partial charge on any atom is -0.490 e. The quantitative estimate of drug-likeness (QED) is 0.190. The van der Waals surface area contributed by atoms with Gasteiger partial charge < -0.3 is 25.8 Å². The van der Waals surface area contributed by atoms with Gasteiger partial charge in [-0.1, -0.05) is 24.3 Å². The predicted molar refractivity (Wildman–Crippen MR) is 193 cm³/mol. The summed E-state index contributed by atoms with van der Waals surface area (Å²) >= 11 is 1.50. The number of halogens is 2. The molecule has 1 saturated heterocycles. The first-order valence-corrected chi connectivity index (χ1v) is 17.9. The Morgan fingerprint density at radius 1 is 1.02 bits per heavy atom. The maximum absolute atomic E-state index is 14.9. The third-order valence-electron chi connectivity index (χ3n) is 10.4. The highest BCUT2D eigenvalue weighted by Crippen LogP contribution is 2.47. The van der Waals surface area contributed by atoms with Crippen LogP contribution in [0.3, 0.4) is 0 Å². The van der Waals surface area contributed by atoms with Gasteiger partial charge in [0.05, 0.1) is 30.0 Å². The molecule has 0 spiro atoms. The van der Waals surface area contributed by atoms with Crippen molar-refractivity contribution in [2.75, 3.05) is 43.4 Å². The topological polar surface area (TPSA) is 140 Å². The number of nitrogen functional groups attached to an aromatic ring is 1. The van der Waals surface area contributed by atoms with Crippen molar-refractivity contribution < 1.29 is 18.6 Å². The number of β-amino-alcohol motifs (C(OH)–C–C–N with tert-alkyl or cyclic N) is 1. The molecule has 0 radical (unpaired) electrons. The molecule has 5 heterocycles. The van der Waals surface area contributed by atoms with Crippen LogP contribution in [-0.4, -0.2) is 73.1 Å². The van der Waals surface area contributed by atoms with Gasteiger partial charge in [-0.25, -0.2) is 23.4 Å². The van der Waals surface area contributed by atoms with Gasteiger partial charge in [-0.15, -0.1) is 11.3 Å². The predicted octanol–water partition coefficient (Wildman–Crippen LogP) is 4.04. The van der Waals surface area contributed by atoms with Crippen LogP contribution in [0.5, 0.6) is 5.75 Å². The minimum absolute atomic E-state index is 0.0226. The molecule has 1 aliphatic carbocycles. The van der Waals surface area contributed by atoms with Crippen molar-refractivity contribution in [1.82, 2.24) is 34.5 Å². The Balaban J connectivity index is 0.905. The summed E-state index contributed by atoms with van der Waals surface area (Å²) in [6.07, 6.45) is 2.82. The molecule has 2 fully saturated rings. The number of rotatable bonds is 10. The molecule has 4 N–H and O–H groups in total. The van der Waals surface area contributed by atoms with Crippen molar-refractivity contribution >= 4 is 38.9 Å². The van der Waals surface area contributed by atoms with Crippen molar-refractivity contribution in [1.29, 1.82) is 0 Å². The van der Waals surface area contributed by atoms with Gasteiger partial charge in [-0.3, -0.25) is 14.3 Å². The Kier molecular flexibility index (Phi) is 8.02. The number of nitrogens with two attached hydrogens (primary N) is 1. The smallest absolute Gasteiger partial charge is 0.298 e. The first kappa shape index (κ1) is 32.7. The molecule has 15 heteroatoms. The molecule has 3 aromatic heterocycles. The maximum Gasteiger partial charge on any atom is 0.298 e. The lowest BCUT2D eigenvalue weighted by Crippen LogP contribution is -2.45. The van der Waals surface area contributed by atoms with Crippen molar-refractivity contribution in [2.24, 2.45) is 11.8 Å². The largest absolute Gasteiger partial charge is 0.490 e. The molecule has 6 aromatic rings. The number of thiophene rings is 1. The summed E-state index contributed by atoms with van der Waals surface area (Å²) in [5.41, 5.74) is 7.44. The van der Waals surface area contributed by atoms with E-state index in [1.165, 1.54) is 34.7 Å². The Hall–Kier alpha value is -5.22. The summed E-state index contributed by atoms with van der Waals surface area (Å²) in [5.74, 6) is -0.0991. The summed E-state index contributed by atoms with van der Waals surface area (Å²) in [5, 5.41) is 19.6. The van der Waals surface area contributed by atoms with Gasteiger partial charge in [-0.05, 0) is 54.3 Å². The summed E-state index contributed by atoms with van der Waals surface area (Å²) < 4.78 is 37.7. The van der Waals surface area contributed by atoms with Crippen molar-refractivity contribution in [3.05, 3.63) is 118 Å². The van der Waals surface area contributed by atoms with Crippen LogP contribution in [0.15, 0.2) is 90.2 Å². The number of aromatic nitrogens is 5. The molecule has 3 aliphatic rings. The molecular formula is C37H35F2N9O3S. The zero-order chi connectivity index (χ0) is 35.6. The molecular weight excluding hydrogens is 689 g/mol. The molecule has 12 nitrogen and oxygen atoms in total. The number of benzene rings is 3. The van der Waals surface area contributed by atoms with Crippen molar-refractivity contribution in [3.8, 4) is 11.4 Å². The summed E-state index contributed by atoms with van der Waals surface area (Å²) in [6.45, 7) is 3.39. The number of hydrogen-bond donors (Lipinski definition) is 3. The Bertz CT molecular complexity index is 2320. The number of aliphatic hydroxyl groups is 1. The van der Waals surface area contributed by atoms with E-state index in [-0.39, 0.29) is 36.1 Å². The van der Waals surface area contributed by atoms with Crippen LogP contribution in [0.4, 0.5) is 26.0 Å². The monoisotopic (exact) mass is 723 g/mol. The Morgan fingerprint density at radius 2 is 1.85 bits per heavy atom. The van der Waals surface area contributed by atoms with Gasteiger partial charge in [0.2, 0.25) is 0 Å². The van der Waals surface area contributed by atoms with Crippen molar-refractivity contribution in [2.45, 2.75) is 24.7 Å². The van der Waals surface area contributed by atoms with E-state index in [9.17, 15) is 18.7 Å². The Morgan fingerprint density at radius 3 is 2.62 bits per heavy atom. The molecule has 0 bridgehead atoms. The van der Waals surface area contributed by atoms with E-state index in [0.29, 0.717) is 47.6 Å². The zero-order valence-electron chi connectivity index (χ0n) is 27.9. The average Bonchev–Trinajstić information content (AvgIpc) is 3.58. The van der Waals surface area contributed by atoms with Gasteiger partial charge in [0.15, 0.2) is 5.82 Å². The van der Waals surface area contributed by atoms with Gasteiger partial charge in [0, 0.05) is 54.4 Å². The lowest BCUT2D eigenvalue weighted by atomic mass is 9.92. The molecule has 9 rings (SSSR count). The number of nitrogens with one attached hydrogen (secondary N) is 1. The van der Waals surface area contributed by atoms with E-state index in [2.05, 4.69) is 42.3 Å². The zero-order valence-corrected chi connectivity index (χ0v) is 28.7. The summed E-state index contributed by atoms with van der Waals surface area (Å²) in [4.78, 5) is 27.9. The molecule has 52 heavy (non-hydrogen) atoms. The van der Waals surface area contributed by atoms with Gasteiger partial charge >= 0.3 is 0 Å². The third-order valence-corrected chi connectivity index (χ3v) is 11.4. The fourth-order valence-corrected chi connectivity index (χ4v) is 8.88. The standard InChI is InChI=1S/C37H35F2N9O3S/c38-22-6-8-28(29(39)12-22)37(50,19-46-21-41-20-43-46)18-45-16-26-27(17-45)33(26)42-15-25-14-31-35(52-25)44-34(40)36(49)48(31)24-7-9-32-30(13-24)47(10-11-51-32)23-4-2-1-3-5-23/h1-9,12-14,20-21,26-27,33,42,50H,10-11,15-19H2,(H2,40,44)/t26-,27+,33?,37?. The van der Waals surface area contributed by atoms with E-state index in [0.717, 1.165) is 47.2 Å². The second-order valence-electron chi connectivity index (χ2n) is 13.7. The van der Waals surface area contributed by atoms with E-state index in [1.807, 2.05) is 42.5 Å². The second kappa shape index (κ2) is 12.8. The highest BCUT2D eigenvalue weighted by molar-refractivity contribution is 7.18. The van der Waals surface area contributed by atoms with Crippen LogP contribution in [0, 0.1) is 23.5 Å². The number of nitrogens with zero attached hydrogens (tertiary/aromatic N) is 7. The Labute approximate surface area is 300 Å². The second-order valence-corrected chi connectivity index (χ2v) is 14.8. The van der Waals surface area contributed by atoms with Crippen LogP contribution in [0.1, 0.15) is 10.4 Å². The van der Waals surface area contributed by atoms with E-state index in [4.69, 9.17) is 10.5 Å². The molecule has 2 aliphatic heterocycles. The maximum atomic E-state index is 14.9. The highest BCUT2D eigenvalue weighted by atomic mass is 32.1. The van der Waals surface area contributed by atoms with Crippen molar-refractivity contribution in [3.63, 3.8) is 0 Å². The fraction of sp³-hybridized carbons (Fsp3) is 0.297. The lowest BCUT2D eigenvalue weighted by Gasteiger charge is -2.34. The normalized spacial score (nSPS) is 20.8. The number of ether oxygens (including phenoxy) is 1. The molecule has 266 valence electrons. The first-order valence-electron chi connectivity index (χ1n) is 17.1. The van der Waals surface area contributed by atoms with E-state index >= 15 is 0 Å². The van der Waals surface area contributed by atoms with Gasteiger partial charge in [0.1, 0.15) is 47.1 Å². The first-order chi connectivity index (χ1) is 25.2. The molecule has 3 aromatic carbocycles. The molecule has 4 atom stereocenters. The number of hydrogen-bond acceptors (Lipinski definition) is 11. The number of piperidine rings is 1. The van der Waals surface area contributed by atoms with Crippen LogP contribution >= 0.6 is 11.3 Å². The molecule has 1 saturated carbocycles. The van der Waals surface area contributed by atoms with E-state index < -0.39 is 17.2 Å². The lowest BCUT2D eigenvalue weighted by molar-refractivity contribution is -0.0193. The van der Waals surface area contributed by atoms with Crippen LogP contribution in [0.2, 0.25) is 0 Å². The van der Waals surface area contributed by atoms with E-state index in [1.54, 1.807) is 4.57 Å². The van der Waals surface area contributed by atoms with Crippen LogP contribution in [-0.2, 0) is 18.7 Å². The van der Waals surface area contributed by atoms with Crippen LogP contribution < -0.4 is 26.2 Å². The summed E-state index contributed by atoms with van der Waals surface area (Å²) in [6, 6.07) is 21.3. The third kappa shape index (κ3) is 5.88. The minimum atomic E-state index is -1.64. The van der Waals surface area contributed by atoms with Gasteiger partial charge in [-0.2, -0.15) is 5.10 Å². The number of fused-ring (bicyclic) bond motifs is 3. The van der Waals surface area contributed by atoms with Crippen LogP contribution in [0.25, 0.3) is 16.0 Å². The number of anilines is 3. The summed E-state index contributed by atoms with van der Waals surface area (Å²) in [7, 11) is 0. The number of para-hydroxylation sites is 1. The average molecular weight is 724 g/mol. The highest BCUT2D eigenvalue weighted by Gasteiger charge is 2.56. The molecule has 0 amide bonds. The number of likely N-dealkylation sites (tertiary alicyclic amines) is 1. The fourth-order valence-electron chi connectivity index (χ4n) is 7.91.